The SMILES string of the molecule is CC(C)(O)C(C)(C)O.[B]. The lowest BCUT2D eigenvalue weighted by Gasteiger charge is -2.31. The van der Waals surface area contributed by atoms with E-state index in [9.17, 15) is 0 Å². The molecule has 0 atom stereocenters. The van der Waals surface area contributed by atoms with E-state index in [2.05, 4.69) is 0 Å². The van der Waals surface area contributed by atoms with Gasteiger partial charge in [-0.3, -0.25) is 0 Å². The van der Waals surface area contributed by atoms with Gasteiger partial charge in [-0.25, -0.2) is 0 Å². The van der Waals surface area contributed by atoms with Crippen LogP contribution >= 0.6 is 0 Å². The van der Waals surface area contributed by atoms with Gasteiger partial charge in [0.2, 0.25) is 0 Å². The largest absolute Gasteiger partial charge is 0.387 e. The molecule has 0 aliphatic rings. The van der Waals surface area contributed by atoms with Gasteiger partial charge < -0.3 is 10.2 Å². The van der Waals surface area contributed by atoms with Crippen LogP contribution in [0.25, 0.3) is 0 Å². The van der Waals surface area contributed by atoms with Gasteiger partial charge in [0.1, 0.15) is 0 Å². The van der Waals surface area contributed by atoms with Gasteiger partial charge in [0, 0.05) is 8.41 Å². The molecule has 0 saturated carbocycles. The monoisotopic (exact) mass is 129 g/mol. The summed E-state index contributed by atoms with van der Waals surface area (Å²) in [6.07, 6.45) is 0. The molecule has 9 heavy (non-hydrogen) atoms. The third-order valence-corrected chi connectivity index (χ3v) is 1.50. The zero-order valence-corrected chi connectivity index (χ0v) is 6.47. The zero-order chi connectivity index (χ0) is 7.00. The Labute approximate surface area is 58.5 Å². The summed E-state index contributed by atoms with van der Waals surface area (Å²) in [5.41, 5.74) is -2.01. The van der Waals surface area contributed by atoms with Gasteiger partial charge in [-0.15, -0.1) is 0 Å². The average molecular weight is 129 g/mol. The lowest BCUT2D eigenvalue weighted by Crippen LogP contribution is -2.44. The minimum absolute atomic E-state index is 0. The molecule has 2 N–H and O–H groups in total. The number of rotatable bonds is 1. The first kappa shape index (κ1) is 11.7. The van der Waals surface area contributed by atoms with Gasteiger partial charge in [0.15, 0.2) is 0 Å². The van der Waals surface area contributed by atoms with Crippen LogP contribution in [0.1, 0.15) is 27.7 Å². The van der Waals surface area contributed by atoms with E-state index in [1.165, 1.54) is 0 Å². The smallest absolute Gasteiger partial charge is 0.0872 e. The van der Waals surface area contributed by atoms with Gasteiger partial charge in [-0.05, 0) is 27.7 Å². The van der Waals surface area contributed by atoms with E-state index in [4.69, 9.17) is 10.2 Å². The quantitative estimate of drug-likeness (QED) is 0.494. The molecule has 53 valence electrons. The Bertz CT molecular complexity index is 66.0. The zero-order valence-electron chi connectivity index (χ0n) is 6.47. The molecule has 0 aromatic rings. The van der Waals surface area contributed by atoms with Crippen molar-refractivity contribution in [1.82, 2.24) is 0 Å². The Morgan fingerprint density at radius 2 is 0.889 bits per heavy atom. The first-order valence-corrected chi connectivity index (χ1v) is 2.70. The van der Waals surface area contributed by atoms with Gasteiger partial charge in [-0.1, -0.05) is 0 Å². The highest BCUT2D eigenvalue weighted by Gasteiger charge is 2.31. The molecule has 3 heteroatoms. The van der Waals surface area contributed by atoms with Gasteiger partial charge >= 0.3 is 0 Å². The number of aliphatic hydroxyl groups is 2. The maximum atomic E-state index is 9.10. The fraction of sp³-hybridized carbons (Fsp3) is 1.00. The molecule has 0 bridgehead atoms. The molecule has 0 spiro atoms. The van der Waals surface area contributed by atoms with Gasteiger partial charge in [0.25, 0.3) is 0 Å². The Morgan fingerprint density at radius 1 is 0.778 bits per heavy atom. The van der Waals surface area contributed by atoms with Crippen LogP contribution in [0.15, 0.2) is 0 Å². The van der Waals surface area contributed by atoms with Crippen molar-refractivity contribution in [2.75, 3.05) is 0 Å². The lowest BCUT2D eigenvalue weighted by molar-refractivity contribution is -0.107. The van der Waals surface area contributed by atoms with Crippen molar-refractivity contribution < 1.29 is 10.2 Å². The van der Waals surface area contributed by atoms with Crippen molar-refractivity contribution in [3.05, 3.63) is 0 Å². The van der Waals surface area contributed by atoms with Crippen LogP contribution in [0.3, 0.4) is 0 Å². The third kappa shape index (κ3) is 3.54. The molecule has 0 saturated heterocycles. The molecule has 0 amide bonds. The van der Waals surface area contributed by atoms with Crippen molar-refractivity contribution in [3.63, 3.8) is 0 Å². The molecule has 0 aromatic heterocycles. The highest BCUT2D eigenvalue weighted by atomic mass is 16.3. The first-order valence-electron chi connectivity index (χ1n) is 2.70. The second-order valence-corrected chi connectivity index (χ2v) is 3.12. The molecule has 0 heterocycles. The fourth-order valence-corrected chi connectivity index (χ4v) is 0. The molecule has 0 aromatic carbocycles. The summed E-state index contributed by atoms with van der Waals surface area (Å²) in [5, 5.41) is 18.2. The van der Waals surface area contributed by atoms with Gasteiger partial charge in [0.05, 0.1) is 11.2 Å². The van der Waals surface area contributed by atoms with Crippen LogP contribution in [0.5, 0.6) is 0 Å². The summed E-state index contributed by atoms with van der Waals surface area (Å²) >= 11 is 0. The minimum Gasteiger partial charge on any atom is -0.387 e. The highest BCUT2D eigenvalue weighted by Crippen LogP contribution is 2.18. The number of hydrogen-bond donors (Lipinski definition) is 2. The molecule has 2 nitrogen and oxygen atoms in total. The van der Waals surface area contributed by atoms with Crippen LogP contribution < -0.4 is 0 Å². The van der Waals surface area contributed by atoms with Crippen molar-refractivity contribution in [1.29, 1.82) is 0 Å². The maximum Gasteiger partial charge on any atom is 0.0872 e. The summed E-state index contributed by atoms with van der Waals surface area (Å²) in [5.74, 6) is 0. The Morgan fingerprint density at radius 3 is 0.889 bits per heavy atom. The highest BCUT2D eigenvalue weighted by molar-refractivity contribution is 5.75. The first-order chi connectivity index (χ1) is 3.25. The van der Waals surface area contributed by atoms with E-state index >= 15 is 0 Å². The second kappa shape index (κ2) is 2.71. The molecule has 0 aliphatic heterocycles. The summed E-state index contributed by atoms with van der Waals surface area (Å²) in [6.45, 7) is 6.31. The Balaban J connectivity index is 0. The molecule has 0 aliphatic carbocycles. The van der Waals surface area contributed by atoms with Crippen LogP contribution in [0.4, 0.5) is 0 Å². The van der Waals surface area contributed by atoms with Crippen molar-refractivity contribution >= 4 is 8.41 Å². The van der Waals surface area contributed by atoms with E-state index in [-0.39, 0.29) is 8.41 Å². The van der Waals surface area contributed by atoms with E-state index < -0.39 is 11.2 Å². The van der Waals surface area contributed by atoms with Crippen molar-refractivity contribution in [2.45, 2.75) is 38.9 Å². The summed E-state index contributed by atoms with van der Waals surface area (Å²) in [4.78, 5) is 0. The molecule has 0 unspecified atom stereocenters. The molecular formula is C6H14BO2. The fourth-order valence-electron chi connectivity index (χ4n) is 0. The Hall–Kier alpha value is -0.0151. The summed E-state index contributed by atoms with van der Waals surface area (Å²) in [7, 11) is 0. The van der Waals surface area contributed by atoms with E-state index in [0.717, 1.165) is 0 Å². The van der Waals surface area contributed by atoms with Crippen molar-refractivity contribution in [2.24, 2.45) is 0 Å². The molecule has 3 radical (unpaired) electrons. The van der Waals surface area contributed by atoms with Gasteiger partial charge in [-0.2, -0.15) is 0 Å². The van der Waals surface area contributed by atoms with Crippen molar-refractivity contribution in [3.8, 4) is 0 Å². The average Bonchev–Trinajstić information content (AvgIpc) is 1.25. The predicted octanol–water partition coefficient (Wildman–Crippen LogP) is 0.147. The normalized spacial score (nSPS) is 12.7. The van der Waals surface area contributed by atoms with Crippen LogP contribution in [-0.4, -0.2) is 29.8 Å². The molecule has 0 fully saturated rings. The summed E-state index contributed by atoms with van der Waals surface area (Å²) < 4.78 is 0. The van der Waals surface area contributed by atoms with E-state index in [1.807, 2.05) is 0 Å². The molecular weight excluding hydrogens is 115 g/mol. The standard InChI is InChI=1S/C6H14O2.B/c1-5(2,7)6(3,4)8;/h7-8H,1-4H3;. The summed E-state index contributed by atoms with van der Waals surface area (Å²) in [6, 6.07) is 0. The second-order valence-electron chi connectivity index (χ2n) is 3.12. The van der Waals surface area contributed by atoms with Crippen LogP contribution in [0.2, 0.25) is 0 Å². The van der Waals surface area contributed by atoms with Crippen LogP contribution in [0, 0.1) is 0 Å². The van der Waals surface area contributed by atoms with E-state index in [1.54, 1.807) is 27.7 Å². The Kier molecular flexibility index (Phi) is 3.54. The lowest BCUT2D eigenvalue weighted by atomic mass is 9.90. The predicted molar refractivity (Wildman–Crippen MR) is 38.3 cm³/mol. The minimum atomic E-state index is -1.01. The maximum absolute atomic E-state index is 9.10. The number of hydrogen-bond acceptors (Lipinski definition) is 2. The van der Waals surface area contributed by atoms with E-state index in [0.29, 0.717) is 0 Å². The third-order valence-electron chi connectivity index (χ3n) is 1.50. The topological polar surface area (TPSA) is 40.5 Å². The molecule has 0 rings (SSSR count). The van der Waals surface area contributed by atoms with Crippen LogP contribution in [-0.2, 0) is 0 Å².